The third-order valence-electron chi connectivity index (χ3n) is 5.54. The predicted octanol–water partition coefficient (Wildman–Crippen LogP) is 4.33. The van der Waals surface area contributed by atoms with Gasteiger partial charge in [0.25, 0.3) is 0 Å². The quantitative estimate of drug-likeness (QED) is 0.459. The highest BCUT2D eigenvalue weighted by atomic mass is 16.2. The van der Waals surface area contributed by atoms with Crippen LogP contribution in [0.5, 0.6) is 0 Å². The third-order valence-corrected chi connectivity index (χ3v) is 5.54. The maximum atomic E-state index is 13.2. The fourth-order valence-corrected chi connectivity index (χ4v) is 3.93. The van der Waals surface area contributed by atoms with Gasteiger partial charge in [-0.25, -0.2) is 4.79 Å². The molecule has 3 aromatic rings. The number of urea groups is 1. The Morgan fingerprint density at radius 3 is 2.44 bits per heavy atom. The number of ketones is 1. The fourth-order valence-electron chi connectivity index (χ4n) is 3.93. The zero-order chi connectivity index (χ0) is 23.4. The summed E-state index contributed by atoms with van der Waals surface area (Å²) in [6, 6.07) is 12.5. The van der Waals surface area contributed by atoms with E-state index in [1.807, 2.05) is 44.2 Å². The molecule has 1 aromatic heterocycles. The lowest BCUT2D eigenvalue weighted by atomic mass is 9.96. The van der Waals surface area contributed by atoms with Crippen LogP contribution in [0.1, 0.15) is 59.2 Å². The molecular weight excluding hydrogens is 404 g/mol. The van der Waals surface area contributed by atoms with E-state index in [0.29, 0.717) is 29.8 Å². The van der Waals surface area contributed by atoms with Crippen LogP contribution in [0, 0.1) is 5.92 Å². The number of nitrogens with two attached hydrogens (primary N) is 1. The molecule has 0 aliphatic rings. The molecule has 1 heterocycles. The standard InChI is InChI=1S/C25H30N4O3/c1-5-8-20-22(23(30)15(2)3)18-12-11-16(24(26)31)13-21(18)29(20)14-17-9-6-7-10-19(17)28-25(32)27-4/h6-7,9-13,15H,5,8,14H2,1-4H3,(H2,26,31)(H2,27,28,32). The number of hydrogen-bond donors (Lipinski definition) is 3. The van der Waals surface area contributed by atoms with Crippen LogP contribution in [-0.2, 0) is 13.0 Å². The lowest BCUT2D eigenvalue weighted by Gasteiger charge is -2.16. The van der Waals surface area contributed by atoms with Crippen LogP contribution < -0.4 is 16.4 Å². The first-order valence-electron chi connectivity index (χ1n) is 10.8. The largest absolute Gasteiger partial charge is 0.366 e. The molecule has 7 nitrogen and oxygen atoms in total. The van der Waals surface area contributed by atoms with Crippen LogP contribution >= 0.6 is 0 Å². The van der Waals surface area contributed by atoms with Gasteiger partial charge in [-0.15, -0.1) is 0 Å². The number of benzene rings is 2. The van der Waals surface area contributed by atoms with E-state index in [4.69, 9.17) is 5.73 Å². The summed E-state index contributed by atoms with van der Waals surface area (Å²) in [5.41, 5.74) is 9.91. The Hall–Kier alpha value is -3.61. The summed E-state index contributed by atoms with van der Waals surface area (Å²) >= 11 is 0. The van der Waals surface area contributed by atoms with Gasteiger partial charge in [-0.2, -0.15) is 0 Å². The molecule has 0 fully saturated rings. The number of rotatable bonds is 8. The number of anilines is 1. The number of carbonyl (C=O) groups excluding carboxylic acids is 3. The van der Waals surface area contributed by atoms with Gasteiger partial charge in [0.1, 0.15) is 0 Å². The van der Waals surface area contributed by atoms with Gasteiger partial charge < -0.3 is 20.9 Å². The number of nitrogens with one attached hydrogen (secondary N) is 2. The Bertz CT molecular complexity index is 1180. The Balaban J connectivity index is 2.26. The number of aromatic nitrogens is 1. The van der Waals surface area contributed by atoms with Gasteiger partial charge in [-0.3, -0.25) is 9.59 Å². The molecule has 0 atom stereocenters. The number of nitrogens with zero attached hydrogens (tertiary/aromatic N) is 1. The molecule has 0 unspecified atom stereocenters. The van der Waals surface area contributed by atoms with Crippen LogP contribution in [0.3, 0.4) is 0 Å². The average Bonchev–Trinajstić information content (AvgIpc) is 3.06. The van der Waals surface area contributed by atoms with Crippen molar-refractivity contribution >= 4 is 34.3 Å². The van der Waals surface area contributed by atoms with E-state index in [1.165, 1.54) is 0 Å². The lowest BCUT2D eigenvalue weighted by molar-refractivity contribution is 0.0939. The molecule has 0 saturated carbocycles. The number of carbonyl (C=O) groups is 3. The first kappa shape index (κ1) is 23.1. The second-order valence-corrected chi connectivity index (χ2v) is 8.13. The van der Waals surface area contributed by atoms with E-state index in [0.717, 1.165) is 28.6 Å². The van der Waals surface area contributed by atoms with Gasteiger partial charge in [-0.05, 0) is 30.2 Å². The van der Waals surface area contributed by atoms with Gasteiger partial charge >= 0.3 is 6.03 Å². The average molecular weight is 435 g/mol. The SMILES string of the molecule is CCCc1c(C(=O)C(C)C)c2ccc(C(N)=O)cc2n1Cc1ccccc1NC(=O)NC. The van der Waals surface area contributed by atoms with Crippen molar-refractivity contribution in [3.63, 3.8) is 0 Å². The highest BCUT2D eigenvalue weighted by molar-refractivity contribution is 6.11. The van der Waals surface area contributed by atoms with Gasteiger partial charge in [-0.1, -0.05) is 51.5 Å². The van der Waals surface area contributed by atoms with Crippen LogP contribution in [0.25, 0.3) is 10.9 Å². The molecular formula is C25H30N4O3. The Labute approximate surface area is 188 Å². The first-order chi connectivity index (χ1) is 15.3. The smallest absolute Gasteiger partial charge is 0.318 e. The van der Waals surface area contributed by atoms with E-state index in [2.05, 4.69) is 22.1 Å². The summed E-state index contributed by atoms with van der Waals surface area (Å²) in [5, 5.41) is 6.23. The molecule has 0 bridgehead atoms. The van der Waals surface area contributed by atoms with Crippen LogP contribution in [0.2, 0.25) is 0 Å². The summed E-state index contributed by atoms with van der Waals surface area (Å²) in [5.74, 6) is -0.612. The van der Waals surface area contributed by atoms with Crippen molar-refractivity contribution in [2.45, 2.75) is 40.2 Å². The predicted molar refractivity (Wildman–Crippen MR) is 127 cm³/mol. The molecule has 0 spiro atoms. The highest BCUT2D eigenvalue weighted by Crippen LogP contribution is 2.32. The molecule has 2 aromatic carbocycles. The van der Waals surface area contributed by atoms with Gasteiger partial charge in [0.05, 0.1) is 5.52 Å². The van der Waals surface area contributed by atoms with Gasteiger partial charge in [0.15, 0.2) is 5.78 Å². The summed E-state index contributed by atoms with van der Waals surface area (Å²) in [7, 11) is 1.56. The summed E-state index contributed by atoms with van der Waals surface area (Å²) in [6.45, 7) is 6.28. The van der Waals surface area contributed by atoms with Crippen LogP contribution in [0.4, 0.5) is 10.5 Å². The molecule has 3 amide bonds. The maximum absolute atomic E-state index is 13.2. The van der Waals surface area contributed by atoms with E-state index in [9.17, 15) is 14.4 Å². The number of Topliss-reactive ketones (excluding diaryl/α,β-unsaturated/α-hetero) is 1. The monoisotopic (exact) mass is 434 g/mol. The van der Waals surface area contributed by atoms with Crippen molar-refractivity contribution in [1.29, 1.82) is 0 Å². The number of fused-ring (bicyclic) bond motifs is 1. The third kappa shape index (κ3) is 4.51. The molecule has 32 heavy (non-hydrogen) atoms. The topological polar surface area (TPSA) is 106 Å². The number of para-hydroxylation sites is 1. The van der Waals surface area contributed by atoms with Gasteiger partial charge in [0, 0.05) is 47.4 Å². The number of primary amides is 1. The fraction of sp³-hybridized carbons (Fsp3) is 0.320. The van der Waals surface area contributed by atoms with Crippen molar-refractivity contribution in [2.24, 2.45) is 11.7 Å². The molecule has 0 aliphatic heterocycles. The normalized spacial score (nSPS) is 11.0. The maximum Gasteiger partial charge on any atom is 0.318 e. The molecule has 168 valence electrons. The first-order valence-corrected chi connectivity index (χ1v) is 10.8. The molecule has 0 saturated heterocycles. The zero-order valence-electron chi connectivity index (χ0n) is 19.0. The minimum absolute atomic E-state index is 0.0702. The van der Waals surface area contributed by atoms with Gasteiger partial charge in [0.2, 0.25) is 5.91 Å². The molecule has 7 heteroatoms. The van der Waals surface area contributed by atoms with Crippen molar-refractivity contribution in [3.05, 3.63) is 64.8 Å². The van der Waals surface area contributed by atoms with Crippen molar-refractivity contribution in [2.75, 3.05) is 12.4 Å². The van der Waals surface area contributed by atoms with E-state index in [1.54, 1.807) is 19.2 Å². The molecule has 0 radical (unpaired) electrons. The summed E-state index contributed by atoms with van der Waals surface area (Å²) < 4.78 is 2.07. The zero-order valence-corrected chi connectivity index (χ0v) is 19.0. The molecule has 0 aliphatic carbocycles. The van der Waals surface area contributed by atoms with Crippen molar-refractivity contribution in [3.8, 4) is 0 Å². The lowest BCUT2D eigenvalue weighted by Crippen LogP contribution is -2.25. The second-order valence-electron chi connectivity index (χ2n) is 8.13. The summed E-state index contributed by atoms with van der Waals surface area (Å²) in [4.78, 5) is 37.0. The minimum atomic E-state index is -0.518. The van der Waals surface area contributed by atoms with E-state index < -0.39 is 5.91 Å². The Morgan fingerprint density at radius 1 is 1.09 bits per heavy atom. The van der Waals surface area contributed by atoms with Crippen molar-refractivity contribution in [1.82, 2.24) is 9.88 Å². The molecule has 3 rings (SSSR count). The highest BCUT2D eigenvalue weighted by Gasteiger charge is 2.25. The van der Waals surface area contributed by atoms with Crippen LogP contribution in [-0.4, -0.2) is 29.3 Å². The summed E-state index contributed by atoms with van der Waals surface area (Å²) in [6.07, 6.45) is 1.56. The van der Waals surface area contributed by atoms with Crippen LogP contribution in [0.15, 0.2) is 42.5 Å². The number of hydrogen-bond acceptors (Lipinski definition) is 3. The molecule has 4 N–H and O–H groups in total. The second kappa shape index (κ2) is 9.68. The van der Waals surface area contributed by atoms with Crippen molar-refractivity contribution < 1.29 is 14.4 Å². The minimum Gasteiger partial charge on any atom is -0.366 e. The number of amides is 3. The Kier molecular flexibility index (Phi) is 6.98. The van der Waals surface area contributed by atoms with E-state index in [-0.39, 0.29) is 17.7 Å². The van der Waals surface area contributed by atoms with E-state index >= 15 is 0 Å². The Morgan fingerprint density at radius 2 is 1.81 bits per heavy atom.